The molecule has 5 atom stereocenters. The van der Waals surface area contributed by atoms with Gasteiger partial charge >= 0.3 is 0 Å². The number of fused-ring (bicyclic) bond motifs is 6. The Hall–Kier alpha value is -2.75. The first-order chi connectivity index (χ1) is 18.3. The van der Waals surface area contributed by atoms with E-state index in [1.54, 1.807) is 0 Å². The van der Waals surface area contributed by atoms with Crippen molar-refractivity contribution >= 4 is 53.9 Å². The van der Waals surface area contributed by atoms with Crippen LogP contribution in [-0.4, -0.2) is 51.6 Å². The molecule has 1 amide bonds. The Morgan fingerprint density at radius 2 is 1.92 bits per heavy atom. The molecule has 10 nitrogen and oxygen atoms in total. The number of hydrogen-bond acceptors (Lipinski definition) is 8. The maximum atomic E-state index is 14.0. The number of likely N-dealkylation sites (tertiary alicyclic amines) is 1. The molecular weight excluding hydrogens is 574 g/mol. The van der Waals surface area contributed by atoms with Crippen LogP contribution in [0.4, 0.5) is 13.8 Å². The number of anilines is 1. The van der Waals surface area contributed by atoms with E-state index in [0.29, 0.717) is 5.56 Å². The largest absolute Gasteiger partial charge is 0.333 e. The van der Waals surface area contributed by atoms with Crippen molar-refractivity contribution in [3.8, 4) is 0 Å². The number of Topliss-reactive ketones (excluding diaryl/α,β-unsaturated/α-hetero) is 1. The van der Waals surface area contributed by atoms with E-state index in [2.05, 4.69) is 14.4 Å². The van der Waals surface area contributed by atoms with Crippen molar-refractivity contribution in [3.05, 3.63) is 46.3 Å². The molecule has 3 fully saturated rings. The van der Waals surface area contributed by atoms with Gasteiger partial charge in [-0.3, -0.25) is 9.59 Å². The number of amides is 1. The van der Waals surface area contributed by atoms with Crippen LogP contribution in [0.5, 0.6) is 0 Å². The van der Waals surface area contributed by atoms with Crippen LogP contribution in [0.3, 0.4) is 0 Å². The SMILES string of the molecule is CS(=O)(=O)NCc1csc2c1S(=O)(=O)N=C(C1C(=O)C3C4CCC(C4)C3N(Cc3ccc(F)c(F)c3)C1=O)N2. The molecule has 2 saturated carbocycles. The molecule has 1 aromatic carbocycles. The molecule has 208 valence electrons. The number of nitrogens with zero attached hydrogens (tertiary/aromatic N) is 2. The number of halogens is 2. The van der Waals surface area contributed by atoms with E-state index in [-0.39, 0.29) is 52.0 Å². The van der Waals surface area contributed by atoms with Gasteiger partial charge in [-0.05, 0) is 54.2 Å². The number of carbonyl (C=O) groups is 2. The number of ketones is 1. The van der Waals surface area contributed by atoms with Crippen molar-refractivity contribution in [1.82, 2.24) is 9.62 Å². The minimum Gasteiger partial charge on any atom is -0.333 e. The van der Waals surface area contributed by atoms with Crippen molar-refractivity contribution in [3.63, 3.8) is 0 Å². The summed E-state index contributed by atoms with van der Waals surface area (Å²) < 4.78 is 83.1. The molecule has 0 radical (unpaired) electrons. The molecule has 2 N–H and O–H groups in total. The predicted molar refractivity (Wildman–Crippen MR) is 138 cm³/mol. The van der Waals surface area contributed by atoms with Crippen molar-refractivity contribution in [2.75, 3.05) is 11.6 Å². The van der Waals surface area contributed by atoms with Gasteiger partial charge in [0.05, 0.1) is 6.26 Å². The zero-order chi connectivity index (χ0) is 27.9. The molecule has 0 spiro atoms. The standard InChI is InChI=1S/C24H24F2N4O6S3/c1-38(33,34)27-8-14-10-37-23-21(14)39(35,36)29-22(28-23)18-20(31)17-12-3-4-13(7-12)19(17)30(24(18)32)9-11-2-5-15(25)16(26)6-11/h2,5-6,10,12-13,17-19,27H,3-4,7-9H2,1H3,(H,28,29). The fraction of sp³-hybridized carbons (Fsp3) is 0.458. The third kappa shape index (κ3) is 4.48. The van der Waals surface area contributed by atoms with Crippen LogP contribution in [0.1, 0.15) is 30.4 Å². The first-order valence-electron chi connectivity index (χ1n) is 12.3. The summed E-state index contributed by atoms with van der Waals surface area (Å²) in [4.78, 5) is 29.0. The summed E-state index contributed by atoms with van der Waals surface area (Å²) in [6, 6.07) is 2.97. The van der Waals surface area contributed by atoms with Crippen LogP contribution >= 0.6 is 11.3 Å². The average molecular weight is 599 g/mol. The van der Waals surface area contributed by atoms with Crippen LogP contribution in [-0.2, 0) is 42.7 Å². The molecule has 2 aliphatic carbocycles. The molecule has 5 unspecified atom stereocenters. The number of piperidine rings is 1. The first kappa shape index (κ1) is 26.5. The quantitative estimate of drug-likeness (QED) is 0.486. The fourth-order valence-electron chi connectivity index (χ4n) is 6.53. The molecule has 39 heavy (non-hydrogen) atoms. The Morgan fingerprint density at radius 3 is 2.64 bits per heavy atom. The van der Waals surface area contributed by atoms with Crippen LogP contribution in [0.15, 0.2) is 32.9 Å². The van der Waals surface area contributed by atoms with E-state index in [4.69, 9.17) is 0 Å². The molecule has 3 heterocycles. The molecular formula is C24H24F2N4O6S3. The third-order valence-corrected chi connectivity index (χ3v) is 11.2. The van der Waals surface area contributed by atoms with Crippen molar-refractivity contribution in [2.24, 2.45) is 28.1 Å². The van der Waals surface area contributed by atoms with Gasteiger partial charge in [0.25, 0.3) is 10.0 Å². The van der Waals surface area contributed by atoms with Crippen molar-refractivity contribution in [1.29, 1.82) is 0 Å². The second-order valence-electron chi connectivity index (χ2n) is 10.5. The van der Waals surface area contributed by atoms with Crippen LogP contribution in [0.25, 0.3) is 0 Å². The lowest BCUT2D eigenvalue weighted by Crippen LogP contribution is -2.61. The van der Waals surface area contributed by atoms with Crippen LogP contribution in [0, 0.1) is 35.3 Å². The summed E-state index contributed by atoms with van der Waals surface area (Å²) in [7, 11) is -7.97. The van der Waals surface area contributed by atoms with Gasteiger partial charge in [0.2, 0.25) is 15.9 Å². The van der Waals surface area contributed by atoms with E-state index in [1.807, 2.05) is 0 Å². The van der Waals surface area contributed by atoms with Gasteiger partial charge in [-0.15, -0.1) is 15.7 Å². The lowest BCUT2D eigenvalue weighted by atomic mass is 9.73. The maximum Gasteiger partial charge on any atom is 0.287 e. The Bertz CT molecular complexity index is 1660. The second-order valence-corrected chi connectivity index (χ2v) is 14.7. The monoisotopic (exact) mass is 598 g/mol. The zero-order valence-corrected chi connectivity index (χ0v) is 23.0. The van der Waals surface area contributed by atoms with E-state index in [0.717, 1.165) is 49.0 Å². The molecule has 1 saturated heterocycles. The summed E-state index contributed by atoms with van der Waals surface area (Å²) in [5.74, 6) is -5.28. The Kier molecular flexibility index (Phi) is 6.21. The van der Waals surface area contributed by atoms with Crippen LogP contribution in [0.2, 0.25) is 0 Å². The van der Waals surface area contributed by atoms with Gasteiger partial charge in [-0.1, -0.05) is 6.07 Å². The third-order valence-electron chi connectivity index (χ3n) is 8.05. The number of thiophene rings is 1. The van der Waals surface area contributed by atoms with Gasteiger partial charge in [0, 0.05) is 30.6 Å². The number of amidine groups is 1. The smallest absolute Gasteiger partial charge is 0.287 e. The zero-order valence-electron chi connectivity index (χ0n) is 20.6. The Morgan fingerprint density at radius 1 is 1.18 bits per heavy atom. The minimum atomic E-state index is -4.37. The molecule has 15 heteroatoms. The number of carbonyl (C=O) groups excluding carboxylic acids is 2. The van der Waals surface area contributed by atoms with Crippen molar-refractivity contribution < 1.29 is 35.2 Å². The second kappa shape index (κ2) is 9.14. The summed E-state index contributed by atoms with van der Waals surface area (Å²) in [5.41, 5.74) is 0.539. The fourth-order valence-corrected chi connectivity index (χ4v) is 9.59. The normalized spacial score (nSPS) is 29.2. The number of hydrogen-bond donors (Lipinski definition) is 2. The van der Waals surface area contributed by atoms with Crippen LogP contribution < -0.4 is 10.0 Å². The minimum absolute atomic E-state index is 0.0438. The number of rotatable bonds is 6. The molecule has 4 aliphatic rings. The predicted octanol–water partition coefficient (Wildman–Crippen LogP) is 2.23. The number of sulfonamides is 2. The Labute approximate surface area is 227 Å². The van der Waals surface area contributed by atoms with Gasteiger partial charge in [-0.25, -0.2) is 21.9 Å². The summed E-state index contributed by atoms with van der Waals surface area (Å²) in [5, 5.41) is 4.46. The summed E-state index contributed by atoms with van der Waals surface area (Å²) >= 11 is 0.994. The molecule has 6 rings (SSSR count). The van der Waals surface area contributed by atoms with Gasteiger partial charge in [0.1, 0.15) is 15.7 Å². The molecule has 1 aromatic heterocycles. The summed E-state index contributed by atoms with van der Waals surface area (Å²) in [6.07, 6.45) is 3.38. The van der Waals surface area contributed by atoms with E-state index in [1.165, 1.54) is 16.3 Å². The highest BCUT2D eigenvalue weighted by molar-refractivity contribution is 7.91. The van der Waals surface area contributed by atoms with E-state index in [9.17, 15) is 35.2 Å². The number of benzene rings is 1. The topological polar surface area (TPSA) is 142 Å². The van der Waals surface area contributed by atoms with Crippen molar-refractivity contribution in [2.45, 2.75) is 43.3 Å². The molecule has 2 bridgehead atoms. The molecule has 2 aliphatic heterocycles. The number of nitrogens with one attached hydrogen (secondary N) is 2. The lowest BCUT2D eigenvalue weighted by Gasteiger charge is -2.45. The average Bonchev–Trinajstić information content (AvgIpc) is 3.57. The molecule has 2 aromatic rings. The summed E-state index contributed by atoms with van der Waals surface area (Å²) in [6.45, 7) is -0.331. The van der Waals surface area contributed by atoms with Gasteiger partial charge < -0.3 is 10.2 Å². The maximum absolute atomic E-state index is 14.0. The van der Waals surface area contributed by atoms with E-state index >= 15 is 0 Å². The van der Waals surface area contributed by atoms with E-state index < -0.39 is 55.5 Å². The van der Waals surface area contributed by atoms with Gasteiger partial charge in [0.15, 0.2) is 23.3 Å². The highest BCUT2D eigenvalue weighted by Gasteiger charge is 2.60. The first-order valence-corrected chi connectivity index (χ1v) is 16.5. The highest BCUT2D eigenvalue weighted by atomic mass is 32.2. The highest BCUT2D eigenvalue weighted by Crippen LogP contribution is 2.54. The Balaban J connectivity index is 1.36. The lowest BCUT2D eigenvalue weighted by molar-refractivity contribution is -0.153. The van der Waals surface area contributed by atoms with Gasteiger partial charge in [-0.2, -0.15) is 8.42 Å².